The van der Waals surface area contributed by atoms with Gasteiger partial charge in [0.2, 0.25) is 11.3 Å². The van der Waals surface area contributed by atoms with Crippen molar-refractivity contribution in [3.8, 4) is 22.3 Å². The maximum atomic E-state index is 10.9. The van der Waals surface area contributed by atoms with Crippen LogP contribution >= 0.6 is 11.3 Å². The molecule has 1 unspecified atom stereocenters. The van der Waals surface area contributed by atoms with Gasteiger partial charge in [-0.1, -0.05) is 24.3 Å². The van der Waals surface area contributed by atoms with E-state index in [1.165, 1.54) is 5.39 Å². The summed E-state index contributed by atoms with van der Waals surface area (Å²) in [6.07, 6.45) is 1.80. The topological polar surface area (TPSA) is 104 Å². The summed E-state index contributed by atoms with van der Waals surface area (Å²) >= 11 is -0.401. The van der Waals surface area contributed by atoms with E-state index in [0.29, 0.717) is 12.4 Å². The van der Waals surface area contributed by atoms with E-state index in [-0.39, 0.29) is 0 Å². The van der Waals surface area contributed by atoms with Crippen LogP contribution in [0.5, 0.6) is 0 Å². The first kappa shape index (κ1) is 19.9. The lowest BCUT2D eigenvalue weighted by Gasteiger charge is -2.09. The summed E-state index contributed by atoms with van der Waals surface area (Å²) in [5, 5.41) is 4.25. The highest BCUT2D eigenvalue weighted by Crippen LogP contribution is 2.42. The van der Waals surface area contributed by atoms with Crippen LogP contribution in [-0.2, 0) is 17.8 Å². The summed E-state index contributed by atoms with van der Waals surface area (Å²) in [5.74, 6) is 0.508. The molecular weight excluding hydrogens is 428 g/mol. The van der Waals surface area contributed by atoms with E-state index in [0.717, 1.165) is 49.1 Å². The molecule has 0 bridgehead atoms. The largest absolute Gasteiger partial charge is 0.383 e. The average Bonchev–Trinajstić information content (AvgIpc) is 3.35. The van der Waals surface area contributed by atoms with Crippen LogP contribution in [0.3, 0.4) is 0 Å². The van der Waals surface area contributed by atoms with Crippen LogP contribution in [0.2, 0.25) is 0 Å². The number of nitrogens with two attached hydrogens (primary N) is 1. The number of pyridine rings is 1. The number of rotatable bonds is 5. The number of thiophene rings is 1. The van der Waals surface area contributed by atoms with Gasteiger partial charge in [0.25, 0.3) is 0 Å². The van der Waals surface area contributed by atoms with E-state index in [9.17, 15) is 4.21 Å². The summed E-state index contributed by atoms with van der Waals surface area (Å²) in [6, 6.07) is 16.4. The molecule has 0 aliphatic carbocycles. The molecule has 31 heavy (non-hydrogen) atoms. The highest BCUT2D eigenvalue weighted by molar-refractivity contribution is 7.77. The maximum absolute atomic E-state index is 10.9. The van der Waals surface area contributed by atoms with Crippen LogP contribution in [0.1, 0.15) is 11.3 Å². The number of hydrogen-bond acceptors (Lipinski definition) is 4. The first-order valence-corrected chi connectivity index (χ1v) is 11.7. The number of hydrogen-bond donors (Lipinski definition) is 4. The fourth-order valence-electron chi connectivity index (χ4n) is 3.92. The van der Waals surface area contributed by atoms with Gasteiger partial charge in [-0.05, 0) is 53.3 Å². The van der Waals surface area contributed by atoms with E-state index < -0.39 is 11.3 Å². The molecule has 0 saturated heterocycles. The quantitative estimate of drug-likeness (QED) is 0.276. The normalized spacial score (nSPS) is 12.6. The third kappa shape index (κ3) is 3.75. The van der Waals surface area contributed by atoms with Crippen molar-refractivity contribution < 1.29 is 8.76 Å². The first-order valence-electron chi connectivity index (χ1n) is 9.68. The second-order valence-electron chi connectivity index (χ2n) is 7.44. The number of nitrogens with zero attached hydrogens (tertiary/aromatic N) is 1. The molecule has 5 rings (SSSR count). The zero-order chi connectivity index (χ0) is 21.5. The fraction of sp³-hybridized carbons (Fsp3) is 0.0870. The lowest BCUT2D eigenvalue weighted by molar-refractivity contribution is 0.548. The number of fused-ring (bicyclic) bond motifs is 2. The van der Waals surface area contributed by atoms with Crippen LogP contribution in [0.25, 0.3) is 43.2 Å². The van der Waals surface area contributed by atoms with Crippen LogP contribution in [0.15, 0.2) is 60.1 Å². The van der Waals surface area contributed by atoms with Gasteiger partial charge in [-0.25, -0.2) is 13.9 Å². The number of H-pyrrole nitrogens is 1. The molecule has 0 aliphatic heterocycles. The summed E-state index contributed by atoms with van der Waals surface area (Å²) in [7, 11) is 0. The fourth-order valence-corrected chi connectivity index (χ4v) is 5.33. The van der Waals surface area contributed by atoms with E-state index in [1.807, 2.05) is 24.3 Å². The Labute approximate surface area is 185 Å². The summed E-state index contributed by atoms with van der Waals surface area (Å²) in [5.41, 5.74) is 13.6. The Kier molecular flexibility index (Phi) is 5.07. The van der Waals surface area contributed by atoms with Gasteiger partial charge in [0.15, 0.2) is 0 Å². The van der Waals surface area contributed by atoms with Crippen molar-refractivity contribution in [2.75, 3.05) is 5.73 Å². The number of aromatic nitrogens is 2. The molecule has 0 amide bonds. The molecule has 5 aromatic rings. The van der Waals surface area contributed by atoms with Gasteiger partial charge in [0, 0.05) is 50.6 Å². The lowest BCUT2D eigenvalue weighted by atomic mass is 9.99. The Balaban J connectivity index is 1.62. The molecular formula is C23H20N4O2S2. The number of aromatic amines is 1. The zero-order valence-electron chi connectivity index (χ0n) is 16.7. The number of benzene rings is 2. The smallest absolute Gasteiger partial charge is 0.232 e. The summed E-state index contributed by atoms with van der Waals surface area (Å²) in [4.78, 5) is 7.84. The zero-order valence-corrected chi connectivity index (χ0v) is 18.3. The predicted molar refractivity (Wildman–Crippen MR) is 129 cm³/mol. The molecule has 2 aromatic carbocycles. The molecule has 0 saturated carbocycles. The van der Waals surface area contributed by atoms with Crippen LogP contribution in [0, 0.1) is 6.92 Å². The number of anilines is 1. The second kappa shape index (κ2) is 7.90. The minimum atomic E-state index is -2.05. The molecule has 8 heteroatoms. The summed E-state index contributed by atoms with van der Waals surface area (Å²) in [6.45, 7) is 2.35. The van der Waals surface area contributed by atoms with Gasteiger partial charge in [0.1, 0.15) is 5.82 Å². The summed E-state index contributed by atoms with van der Waals surface area (Å²) < 4.78 is 23.5. The van der Waals surface area contributed by atoms with Gasteiger partial charge < -0.3 is 10.7 Å². The van der Waals surface area contributed by atoms with Gasteiger partial charge in [-0.2, -0.15) is 0 Å². The first-order chi connectivity index (χ1) is 15.0. The molecule has 6 nitrogen and oxygen atoms in total. The van der Waals surface area contributed by atoms with Crippen molar-refractivity contribution in [1.82, 2.24) is 14.7 Å². The monoisotopic (exact) mass is 448 g/mol. The van der Waals surface area contributed by atoms with Crippen molar-refractivity contribution >= 4 is 49.4 Å². The van der Waals surface area contributed by atoms with E-state index in [4.69, 9.17) is 10.3 Å². The minimum absolute atomic E-state index is 0.300. The van der Waals surface area contributed by atoms with Crippen molar-refractivity contribution in [2.45, 2.75) is 13.5 Å². The van der Waals surface area contributed by atoms with E-state index in [1.54, 1.807) is 17.5 Å². The molecule has 0 aliphatic rings. The number of aryl methyl sites for hydroxylation is 1. The highest BCUT2D eigenvalue weighted by atomic mass is 32.2. The Hall–Kier alpha value is -3.04. The Morgan fingerprint density at radius 2 is 2.00 bits per heavy atom. The molecule has 1 atom stereocenters. The number of nitrogens with one attached hydrogen (secondary N) is 2. The molecule has 156 valence electrons. The number of nitrogen functional groups attached to an aromatic ring is 1. The molecule has 3 aromatic heterocycles. The Morgan fingerprint density at radius 3 is 2.84 bits per heavy atom. The van der Waals surface area contributed by atoms with Crippen LogP contribution < -0.4 is 10.5 Å². The predicted octanol–water partition coefficient (Wildman–Crippen LogP) is 5.23. The van der Waals surface area contributed by atoms with Crippen molar-refractivity contribution in [3.05, 3.63) is 71.4 Å². The third-order valence-electron chi connectivity index (χ3n) is 5.33. The van der Waals surface area contributed by atoms with Crippen molar-refractivity contribution in [1.29, 1.82) is 0 Å². The lowest BCUT2D eigenvalue weighted by Crippen LogP contribution is -2.15. The van der Waals surface area contributed by atoms with Crippen LogP contribution in [-0.4, -0.2) is 18.7 Å². The second-order valence-corrected chi connectivity index (χ2v) is 9.10. The molecule has 0 fully saturated rings. The van der Waals surface area contributed by atoms with E-state index >= 15 is 0 Å². The molecule has 3 heterocycles. The maximum Gasteiger partial charge on any atom is 0.232 e. The Morgan fingerprint density at radius 1 is 1.16 bits per heavy atom. The van der Waals surface area contributed by atoms with Crippen LogP contribution in [0.4, 0.5) is 5.82 Å². The van der Waals surface area contributed by atoms with Crippen molar-refractivity contribution in [3.63, 3.8) is 0 Å². The molecule has 0 radical (unpaired) electrons. The van der Waals surface area contributed by atoms with Gasteiger partial charge in [0.05, 0.1) is 0 Å². The third-order valence-corrected chi connectivity index (χ3v) is 6.73. The van der Waals surface area contributed by atoms with Gasteiger partial charge in [-0.3, -0.25) is 4.55 Å². The van der Waals surface area contributed by atoms with Crippen molar-refractivity contribution in [2.24, 2.45) is 0 Å². The SMILES string of the molecule is Cc1cc2cc(-c3csc4c(-c5cccc(CNS(=O)O)c5)cnc(N)c34)ccc2[nH]1. The van der Waals surface area contributed by atoms with Gasteiger partial charge in [-0.15, -0.1) is 11.3 Å². The molecule has 0 spiro atoms. The van der Waals surface area contributed by atoms with E-state index in [2.05, 4.69) is 51.3 Å². The molecule has 5 N–H and O–H groups in total. The highest BCUT2D eigenvalue weighted by Gasteiger charge is 2.16. The Bertz CT molecular complexity index is 1460. The minimum Gasteiger partial charge on any atom is -0.383 e. The standard InChI is InChI=1S/C23H20N4O2S2/c1-13-7-17-9-16(5-6-20(17)27-13)19-12-30-22-18(11-25-23(24)21(19)22)15-4-2-3-14(8-15)10-26-31(28)29/h2-9,11-12,26-27H,10H2,1H3,(H2,24,25)(H,28,29). The average molecular weight is 449 g/mol. The van der Waals surface area contributed by atoms with Gasteiger partial charge >= 0.3 is 0 Å².